The molecular formula is C25H32N2O3. The van der Waals surface area contributed by atoms with E-state index >= 15 is 0 Å². The molecular weight excluding hydrogens is 376 g/mol. The van der Waals surface area contributed by atoms with Crippen LogP contribution >= 0.6 is 0 Å². The standard InChI is InChI=1S/C25H32N2O3/c1-29-23-14-11-19(16-24(23)30-2)8-6-7-15-26-18-21-12-13-22(25(26)28)27(21)17-20-9-4-3-5-10-20/h3-5,9-11,14,16,21-22H,6-8,12-13,15,17-18H2,1-2H3. The van der Waals surface area contributed by atoms with Crippen molar-refractivity contribution in [3.8, 4) is 11.5 Å². The minimum atomic E-state index is 0.0646. The number of fused-ring (bicyclic) bond motifs is 2. The summed E-state index contributed by atoms with van der Waals surface area (Å²) in [4.78, 5) is 17.6. The maximum Gasteiger partial charge on any atom is 0.240 e. The lowest BCUT2D eigenvalue weighted by Gasteiger charge is -2.40. The SMILES string of the molecule is COc1ccc(CCCCN2CC3CCC(C2=O)N3Cc2ccccc2)cc1OC. The number of benzene rings is 2. The van der Waals surface area contributed by atoms with Crippen molar-refractivity contribution in [2.45, 2.75) is 50.7 Å². The molecule has 2 aromatic carbocycles. The van der Waals surface area contributed by atoms with E-state index in [1.54, 1.807) is 14.2 Å². The molecule has 160 valence electrons. The Balaban J connectivity index is 1.27. The van der Waals surface area contributed by atoms with E-state index in [2.05, 4.69) is 40.1 Å². The van der Waals surface area contributed by atoms with Crippen LogP contribution in [0.4, 0.5) is 0 Å². The molecule has 2 atom stereocenters. The summed E-state index contributed by atoms with van der Waals surface area (Å²) in [5.41, 5.74) is 2.54. The number of methoxy groups -OCH3 is 2. The molecule has 0 radical (unpaired) electrons. The summed E-state index contributed by atoms with van der Waals surface area (Å²) in [5.74, 6) is 1.86. The molecule has 2 saturated heterocycles. The Bertz CT molecular complexity index is 855. The zero-order valence-corrected chi connectivity index (χ0v) is 18.0. The summed E-state index contributed by atoms with van der Waals surface area (Å²) in [6, 6.07) is 17.2. The molecule has 0 saturated carbocycles. The monoisotopic (exact) mass is 408 g/mol. The fourth-order valence-corrected chi connectivity index (χ4v) is 4.86. The second-order valence-electron chi connectivity index (χ2n) is 8.34. The number of ether oxygens (including phenoxy) is 2. The first kappa shape index (κ1) is 20.7. The van der Waals surface area contributed by atoms with Gasteiger partial charge in [0, 0.05) is 25.7 Å². The van der Waals surface area contributed by atoms with Gasteiger partial charge in [0.1, 0.15) is 0 Å². The number of likely N-dealkylation sites (tertiary alicyclic amines) is 1. The van der Waals surface area contributed by atoms with Gasteiger partial charge in [0.25, 0.3) is 0 Å². The molecule has 2 aliphatic rings. The van der Waals surface area contributed by atoms with Gasteiger partial charge >= 0.3 is 0 Å². The van der Waals surface area contributed by atoms with Crippen LogP contribution in [0.5, 0.6) is 11.5 Å². The fraction of sp³-hybridized carbons (Fsp3) is 0.480. The third kappa shape index (κ3) is 4.46. The van der Waals surface area contributed by atoms with Crippen LogP contribution in [-0.2, 0) is 17.8 Å². The number of amides is 1. The second-order valence-corrected chi connectivity index (χ2v) is 8.34. The zero-order chi connectivity index (χ0) is 20.9. The first-order chi connectivity index (χ1) is 14.7. The zero-order valence-electron chi connectivity index (χ0n) is 18.0. The van der Waals surface area contributed by atoms with E-state index in [0.717, 1.165) is 63.2 Å². The van der Waals surface area contributed by atoms with Crippen molar-refractivity contribution in [1.29, 1.82) is 0 Å². The molecule has 0 spiro atoms. The van der Waals surface area contributed by atoms with Gasteiger partial charge in [-0.25, -0.2) is 0 Å². The van der Waals surface area contributed by atoms with Gasteiger partial charge in [0.15, 0.2) is 11.5 Å². The number of hydrogen-bond acceptors (Lipinski definition) is 4. The Morgan fingerprint density at radius 2 is 1.73 bits per heavy atom. The summed E-state index contributed by atoms with van der Waals surface area (Å²) in [5, 5.41) is 0. The molecule has 2 heterocycles. The van der Waals surface area contributed by atoms with Gasteiger partial charge in [-0.1, -0.05) is 36.4 Å². The van der Waals surface area contributed by atoms with Crippen molar-refractivity contribution in [1.82, 2.24) is 9.80 Å². The lowest BCUT2D eigenvalue weighted by molar-refractivity contribution is -0.142. The first-order valence-electron chi connectivity index (χ1n) is 11.0. The Hall–Kier alpha value is -2.53. The molecule has 0 N–H and O–H groups in total. The van der Waals surface area contributed by atoms with Crippen LogP contribution in [0.15, 0.2) is 48.5 Å². The van der Waals surface area contributed by atoms with Crippen LogP contribution in [-0.4, -0.2) is 55.1 Å². The van der Waals surface area contributed by atoms with Gasteiger partial charge < -0.3 is 14.4 Å². The summed E-state index contributed by atoms with van der Waals surface area (Å²) >= 11 is 0. The lowest BCUT2D eigenvalue weighted by atomic mass is 10.1. The van der Waals surface area contributed by atoms with E-state index in [1.165, 1.54) is 11.1 Å². The van der Waals surface area contributed by atoms with E-state index < -0.39 is 0 Å². The normalized spacial score (nSPS) is 21.1. The molecule has 5 nitrogen and oxygen atoms in total. The summed E-state index contributed by atoms with van der Waals surface area (Å²) in [6.45, 7) is 2.62. The van der Waals surface area contributed by atoms with Crippen LogP contribution < -0.4 is 9.47 Å². The summed E-state index contributed by atoms with van der Waals surface area (Å²) < 4.78 is 10.7. The average molecular weight is 409 g/mol. The van der Waals surface area contributed by atoms with Crippen molar-refractivity contribution >= 4 is 5.91 Å². The van der Waals surface area contributed by atoms with Crippen molar-refractivity contribution < 1.29 is 14.3 Å². The molecule has 5 heteroatoms. The van der Waals surface area contributed by atoms with E-state index in [9.17, 15) is 4.79 Å². The predicted octanol–water partition coefficient (Wildman–Crippen LogP) is 3.90. The molecule has 4 rings (SSSR count). The number of hydrogen-bond donors (Lipinski definition) is 0. The molecule has 0 aromatic heterocycles. The largest absolute Gasteiger partial charge is 0.493 e. The topological polar surface area (TPSA) is 42.0 Å². The van der Waals surface area contributed by atoms with Gasteiger partial charge in [-0.05, 0) is 55.4 Å². The van der Waals surface area contributed by atoms with E-state index in [4.69, 9.17) is 9.47 Å². The molecule has 1 amide bonds. The second kappa shape index (κ2) is 9.52. The van der Waals surface area contributed by atoms with Crippen LogP contribution in [0.25, 0.3) is 0 Å². The van der Waals surface area contributed by atoms with Gasteiger partial charge in [-0.3, -0.25) is 9.69 Å². The number of aryl methyl sites for hydroxylation is 1. The highest BCUT2D eigenvalue weighted by molar-refractivity contribution is 5.83. The van der Waals surface area contributed by atoms with Crippen molar-refractivity contribution in [2.24, 2.45) is 0 Å². The highest BCUT2D eigenvalue weighted by atomic mass is 16.5. The predicted molar refractivity (Wildman–Crippen MR) is 118 cm³/mol. The van der Waals surface area contributed by atoms with Gasteiger partial charge in [0.2, 0.25) is 5.91 Å². The number of piperazine rings is 1. The minimum Gasteiger partial charge on any atom is -0.493 e. The third-order valence-electron chi connectivity index (χ3n) is 6.47. The smallest absolute Gasteiger partial charge is 0.240 e. The Morgan fingerprint density at radius 3 is 2.50 bits per heavy atom. The molecule has 2 bridgehead atoms. The van der Waals surface area contributed by atoms with Crippen LogP contribution in [0.1, 0.15) is 36.8 Å². The Kier molecular flexibility index (Phi) is 6.58. The molecule has 2 unspecified atom stereocenters. The van der Waals surface area contributed by atoms with Crippen molar-refractivity contribution in [3.63, 3.8) is 0 Å². The van der Waals surface area contributed by atoms with Crippen LogP contribution in [0.3, 0.4) is 0 Å². The van der Waals surface area contributed by atoms with Crippen molar-refractivity contribution in [3.05, 3.63) is 59.7 Å². The van der Waals surface area contributed by atoms with Gasteiger partial charge in [-0.2, -0.15) is 0 Å². The van der Waals surface area contributed by atoms with E-state index in [0.29, 0.717) is 11.9 Å². The molecule has 2 fully saturated rings. The summed E-state index contributed by atoms with van der Waals surface area (Å²) in [7, 11) is 3.32. The quantitative estimate of drug-likeness (QED) is 0.590. The van der Waals surface area contributed by atoms with Crippen LogP contribution in [0, 0.1) is 0 Å². The first-order valence-corrected chi connectivity index (χ1v) is 11.0. The van der Waals surface area contributed by atoms with E-state index in [-0.39, 0.29) is 6.04 Å². The maximum absolute atomic E-state index is 13.1. The Labute approximate surface area is 179 Å². The van der Waals surface area contributed by atoms with Gasteiger partial charge in [0.05, 0.1) is 20.3 Å². The number of nitrogens with zero attached hydrogens (tertiary/aromatic N) is 2. The Morgan fingerprint density at radius 1 is 0.933 bits per heavy atom. The third-order valence-corrected chi connectivity index (χ3v) is 6.47. The molecule has 30 heavy (non-hydrogen) atoms. The molecule has 2 aliphatic heterocycles. The fourth-order valence-electron chi connectivity index (χ4n) is 4.86. The number of carbonyl (C=O) groups is 1. The number of carbonyl (C=O) groups excluding carboxylic acids is 1. The number of rotatable bonds is 9. The maximum atomic E-state index is 13.1. The highest BCUT2D eigenvalue weighted by Crippen LogP contribution is 2.33. The highest BCUT2D eigenvalue weighted by Gasteiger charge is 2.44. The van der Waals surface area contributed by atoms with Crippen LogP contribution in [0.2, 0.25) is 0 Å². The molecule has 0 aliphatic carbocycles. The average Bonchev–Trinajstić information content (AvgIpc) is 3.09. The number of unbranched alkanes of at least 4 members (excludes halogenated alkanes) is 1. The van der Waals surface area contributed by atoms with Gasteiger partial charge in [-0.15, -0.1) is 0 Å². The summed E-state index contributed by atoms with van der Waals surface area (Å²) in [6.07, 6.45) is 5.19. The minimum absolute atomic E-state index is 0.0646. The van der Waals surface area contributed by atoms with Crippen molar-refractivity contribution in [2.75, 3.05) is 27.3 Å². The lowest BCUT2D eigenvalue weighted by Crippen LogP contribution is -2.56. The van der Waals surface area contributed by atoms with E-state index in [1.807, 2.05) is 18.2 Å². The molecule has 2 aromatic rings.